The number of aliphatic hydroxyl groups excluding tert-OH is 1. The van der Waals surface area contributed by atoms with E-state index < -0.39 is 23.3 Å². The number of ether oxygens (including phenoxy) is 2. The van der Waals surface area contributed by atoms with Crippen LogP contribution in [0.3, 0.4) is 0 Å². The summed E-state index contributed by atoms with van der Waals surface area (Å²) in [7, 11) is 0. The maximum Gasteiger partial charge on any atom is 0.341 e. The lowest BCUT2D eigenvalue weighted by Crippen LogP contribution is -2.42. The highest BCUT2D eigenvalue weighted by molar-refractivity contribution is 5.84. The third-order valence-corrected chi connectivity index (χ3v) is 3.01. The van der Waals surface area contributed by atoms with Gasteiger partial charge in [-0.1, -0.05) is 0 Å². The minimum atomic E-state index is -1.14. The van der Waals surface area contributed by atoms with Gasteiger partial charge >= 0.3 is 5.97 Å². The number of carbonyl (C=O) groups excluding carboxylic acids is 1. The van der Waals surface area contributed by atoms with Crippen LogP contribution in [0.2, 0.25) is 0 Å². The summed E-state index contributed by atoms with van der Waals surface area (Å²) in [5, 5.41) is 9.72. The third-order valence-electron chi connectivity index (χ3n) is 3.01. The maximum absolute atomic E-state index is 11.2. The van der Waals surface area contributed by atoms with Gasteiger partial charge < -0.3 is 14.6 Å². The fourth-order valence-corrected chi connectivity index (χ4v) is 1.92. The fourth-order valence-electron chi connectivity index (χ4n) is 1.92. The number of fused-ring (bicyclic) bond motifs is 2. The number of carbonyl (C=O) groups is 1. The van der Waals surface area contributed by atoms with E-state index in [4.69, 9.17) is 9.47 Å². The zero-order valence-electron chi connectivity index (χ0n) is 7.33. The molecule has 0 aliphatic carbocycles. The van der Waals surface area contributed by atoms with Gasteiger partial charge in [0.25, 0.3) is 0 Å². The molecule has 0 aromatic heterocycles. The molecular weight excluding hydrogens is 160 g/mol. The van der Waals surface area contributed by atoms with Crippen LogP contribution in [0.5, 0.6) is 0 Å². The number of hydrogen-bond donors (Lipinski definition) is 1. The Morgan fingerprint density at radius 3 is 2.33 bits per heavy atom. The van der Waals surface area contributed by atoms with Gasteiger partial charge in [-0.2, -0.15) is 0 Å². The Kier molecular flexibility index (Phi) is 1.22. The molecule has 2 saturated heterocycles. The van der Waals surface area contributed by atoms with E-state index in [0.717, 1.165) is 0 Å². The van der Waals surface area contributed by atoms with Crippen molar-refractivity contribution < 1.29 is 19.4 Å². The summed E-state index contributed by atoms with van der Waals surface area (Å²) in [6.45, 7) is 5.05. The molecule has 12 heavy (non-hydrogen) atoms. The fraction of sp³-hybridized carbons (Fsp3) is 0.875. The van der Waals surface area contributed by atoms with Crippen molar-refractivity contribution in [2.45, 2.75) is 44.2 Å². The lowest BCUT2D eigenvalue weighted by atomic mass is 9.91. The van der Waals surface area contributed by atoms with Crippen molar-refractivity contribution >= 4 is 5.97 Å². The molecule has 2 bridgehead atoms. The molecule has 2 aliphatic heterocycles. The Hall–Kier alpha value is -0.610. The number of hydrogen-bond acceptors (Lipinski definition) is 4. The number of esters is 1. The van der Waals surface area contributed by atoms with Crippen LogP contribution in [0.25, 0.3) is 0 Å². The van der Waals surface area contributed by atoms with E-state index in [2.05, 4.69) is 0 Å². The summed E-state index contributed by atoms with van der Waals surface area (Å²) in [6, 6.07) is 0. The van der Waals surface area contributed by atoms with Crippen LogP contribution in [0.15, 0.2) is 0 Å². The van der Waals surface area contributed by atoms with Crippen LogP contribution in [0, 0.1) is 0 Å². The van der Waals surface area contributed by atoms with Crippen molar-refractivity contribution in [2.75, 3.05) is 0 Å². The van der Waals surface area contributed by atoms with Gasteiger partial charge in [-0.15, -0.1) is 0 Å². The lowest BCUT2D eigenvalue weighted by Gasteiger charge is -2.28. The van der Waals surface area contributed by atoms with Crippen LogP contribution in [0.4, 0.5) is 0 Å². The highest BCUT2D eigenvalue weighted by Gasteiger charge is 2.70. The lowest BCUT2D eigenvalue weighted by molar-refractivity contribution is -0.192. The first kappa shape index (κ1) is 8.01. The molecule has 2 heterocycles. The first-order chi connectivity index (χ1) is 5.41. The second-order valence-corrected chi connectivity index (χ2v) is 3.84. The molecule has 0 radical (unpaired) electrons. The molecule has 2 aliphatic rings. The second kappa shape index (κ2) is 1.83. The third kappa shape index (κ3) is 0.593. The van der Waals surface area contributed by atoms with Gasteiger partial charge in [0.05, 0.1) is 6.10 Å². The van der Waals surface area contributed by atoms with Crippen LogP contribution in [0.1, 0.15) is 20.8 Å². The minimum absolute atomic E-state index is 0.241. The standard InChI is InChI=1S/C8H12O4/c1-4-7(2)5(9)8(3,11-4)6(10)12-7/h4-5,9H,1-3H3. The van der Waals surface area contributed by atoms with Crippen molar-refractivity contribution in [3.8, 4) is 0 Å². The molecule has 0 aromatic carbocycles. The zero-order chi connectivity index (χ0) is 9.15. The highest BCUT2D eigenvalue weighted by Crippen LogP contribution is 2.47. The first-order valence-corrected chi connectivity index (χ1v) is 4.00. The van der Waals surface area contributed by atoms with Crippen molar-refractivity contribution in [2.24, 2.45) is 0 Å². The van der Waals surface area contributed by atoms with Crippen molar-refractivity contribution in [3.63, 3.8) is 0 Å². The quantitative estimate of drug-likeness (QED) is 0.516. The molecule has 0 aromatic rings. The Balaban J connectivity index is 2.47. The van der Waals surface area contributed by atoms with Crippen LogP contribution >= 0.6 is 0 Å². The van der Waals surface area contributed by atoms with Gasteiger partial charge in [0.1, 0.15) is 6.10 Å². The molecule has 4 unspecified atom stereocenters. The van der Waals surface area contributed by atoms with E-state index >= 15 is 0 Å². The molecule has 2 fully saturated rings. The molecule has 4 heteroatoms. The summed E-state index contributed by atoms with van der Waals surface area (Å²) >= 11 is 0. The van der Waals surface area contributed by atoms with Gasteiger partial charge in [0.15, 0.2) is 11.2 Å². The summed E-state index contributed by atoms with van der Waals surface area (Å²) < 4.78 is 10.4. The van der Waals surface area contributed by atoms with Crippen molar-refractivity contribution in [3.05, 3.63) is 0 Å². The van der Waals surface area contributed by atoms with Gasteiger partial charge in [-0.3, -0.25) is 0 Å². The first-order valence-electron chi connectivity index (χ1n) is 4.00. The minimum Gasteiger partial charge on any atom is -0.451 e. The van der Waals surface area contributed by atoms with Crippen LogP contribution < -0.4 is 0 Å². The van der Waals surface area contributed by atoms with Gasteiger partial charge in [-0.05, 0) is 20.8 Å². The molecule has 0 spiro atoms. The number of aliphatic hydroxyl groups is 1. The Morgan fingerprint density at radius 2 is 2.08 bits per heavy atom. The molecule has 2 rings (SSSR count). The summed E-state index contributed by atoms with van der Waals surface area (Å²) in [4.78, 5) is 11.2. The summed E-state index contributed by atoms with van der Waals surface area (Å²) in [6.07, 6.45) is -1.09. The van der Waals surface area contributed by atoms with Crippen molar-refractivity contribution in [1.29, 1.82) is 0 Å². The number of rotatable bonds is 0. The smallest absolute Gasteiger partial charge is 0.341 e. The van der Waals surface area contributed by atoms with Gasteiger partial charge in [0, 0.05) is 0 Å². The second-order valence-electron chi connectivity index (χ2n) is 3.84. The van der Waals surface area contributed by atoms with Crippen molar-refractivity contribution in [1.82, 2.24) is 0 Å². The average Bonchev–Trinajstić information content (AvgIpc) is 2.22. The molecule has 68 valence electrons. The maximum atomic E-state index is 11.2. The van der Waals surface area contributed by atoms with E-state index in [9.17, 15) is 9.90 Å². The normalized spacial score (nSPS) is 57.5. The summed E-state index contributed by atoms with van der Waals surface area (Å²) in [5.41, 5.74) is -2.00. The zero-order valence-corrected chi connectivity index (χ0v) is 7.33. The van der Waals surface area contributed by atoms with Crippen LogP contribution in [-0.2, 0) is 14.3 Å². The van der Waals surface area contributed by atoms with E-state index in [1.54, 1.807) is 20.8 Å². The predicted molar refractivity (Wildman–Crippen MR) is 39.5 cm³/mol. The van der Waals surface area contributed by atoms with E-state index in [0.29, 0.717) is 0 Å². The predicted octanol–water partition coefficient (Wildman–Crippen LogP) is -0.160. The molecule has 0 saturated carbocycles. The summed E-state index contributed by atoms with van der Waals surface area (Å²) in [5.74, 6) is -0.462. The average molecular weight is 172 g/mol. The SMILES string of the molecule is CC1OC2(C)C(=O)OC1(C)C2O. The Bertz CT molecular complexity index is 251. The van der Waals surface area contributed by atoms with Crippen LogP contribution in [-0.4, -0.2) is 34.5 Å². The molecule has 4 nitrogen and oxygen atoms in total. The van der Waals surface area contributed by atoms with E-state index in [-0.39, 0.29) is 6.10 Å². The van der Waals surface area contributed by atoms with Gasteiger partial charge in [-0.25, -0.2) is 4.79 Å². The van der Waals surface area contributed by atoms with Gasteiger partial charge in [0.2, 0.25) is 0 Å². The largest absolute Gasteiger partial charge is 0.451 e. The Morgan fingerprint density at radius 1 is 1.50 bits per heavy atom. The molecule has 0 amide bonds. The molecular formula is C8H12O4. The Labute approximate surface area is 70.5 Å². The van der Waals surface area contributed by atoms with E-state index in [1.165, 1.54) is 0 Å². The molecule has 4 atom stereocenters. The molecule has 1 N–H and O–H groups in total. The highest BCUT2D eigenvalue weighted by atomic mass is 16.7. The monoisotopic (exact) mass is 172 g/mol. The topological polar surface area (TPSA) is 55.8 Å². The van der Waals surface area contributed by atoms with E-state index in [1.807, 2.05) is 0 Å².